The first-order valence-corrected chi connectivity index (χ1v) is 7.91. The number of carbonyl (C=O) groups excluding carboxylic acids is 1. The van der Waals surface area contributed by atoms with Gasteiger partial charge in [-0.15, -0.1) is 0 Å². The summed E-state index contributed by atoms with van der Waals surface area (Å²) in [6.07, 6.45) is 5.34. The molecule has 2 heterocycles. The monoisotopic (exact) mass is 282 g/mol. The largest absolute Gasteiger partial charge is 0.378 e. The second-order valence-corrected chi connectivity index (χ2v) is 5.83. The van der Waals surface area contributed by atoms with Gasteiger partial charge in [-0.05, 0) is 26.2 Å². The number of aldehydes is 1. The molecule has 0 N–H and O–H groups in total. The summed E-state index contributed by atoms with van der Waals surface area (Å²) in [4.78, 5) is 18.8. The lowest BCUT2D eigenvalue weighted by atomic mass is 10.1. The lowest BCUT2D eigenvalue weighted by Crippen LogP contribution is -2.37. The summed E-state index contributed by atoms with van der Waals surface area (Å²) < 4.78 is 5.66. The lowest BCUT2D eigenvalue weighted by Gasteiger charge is -2.31. The maximum absolute atomic E-state index is 11.1. The van der Waals surface area contributed by atoms with Crippen molar-refractivity contribution in [3.05, 3.63) is 10.6 Å². The van der Waals surface area contributed by atoms with E-state index in [4.69, 9.17) is 4.74 Å². The Morgan fingerprint density at radius 1 is 1.42 bits per heavy atom. The molecule has 1 aliphatic rings. The minimum atomic E-state index is 0.391. The molecular formula is C14H22N2O2S. The van der Waals surface area contributed by atoms with Crippen molar-refractivity contribution in [3.8, 4) is 0 Å². The van der Waals surface area contributed by atoms with Crippen LogP contribution >= 0.6 is 11.3 Å². The van der Waals surface area contributed by atoms with Crippen LogP contribution in [0.2, 0.25) is 0 Å². The van der Waals surface area contributed by atoms with E-state index in [1.807, 2.05) is 6.92 Å². The van der Waals surface area contributed by atoms with Crippen molar-refractivity contribution in [3.63, 3.8) is 0 Å². The third-order valence-electron chi connectivity index (χ3n) is 3.42. The minimum Gasteiger partial charge on any atom is -0.378 e. The number of carbonyl (C=O) groups is 1. The van der Waals surface area contributed by atoms with Crippen LogP contribution < -0.4 is 4.90 Å². The van der Waals surface area contributed by atoms with Crippen molar-refractivity contribution in [2.45, 2.75) is 45.6 Å². The van der Waals surface area contributed by atoms with Gasteiger partial charge < -0.3 is 9.64 Å². The maximum Gasteiger partial charge on any atom is 0.186 e. The Labute approximate surface area is 118 Å². The van der Waals surface area contributed by atoms with Crippen molar-refractivity contribution in [2.24, 2.45) is 0 Å². The molecule has 0 amide bonds. The zero-order chi connectivity index (χ0) is 13.7. The van der Waals surface area contributed by atoms with Gasteiger partial charge in [0, 0.05) is 19.7 Å². The molecule has 1 fully saturated rings. The van der Waals surface area contributed by atoms with Gasteiger partial charge >= 0.3 is 0 Å². The SMILES string of the molecule is CCCc1nc(N2CCC(OCC)CC2)sc1C=O. The lowest BCUT2D eigenvalue weighted by molar-refractivity contribution is 0.0459. The molecule has 1 aromatic heterocycles. The first-order chi connectivity index (χ1) is 9.28. The zero-order valence-corrected chi connectivity index (χ0v) is 12.5. The molecule has 106 valence electrons. The quantitative estimate of drug-likeness (QED) is 0.752. The fraction of sp³-hybridized carbons (Fsp3) is 0.714. The van der Waals surface area contributed by atoms with Crippen LogP contribution in [0, 0.1) is 0 Å². The molecule has 0 saturated carbocycles. The number of rotatable bonds is 6. The predicted octanol–water partition coefficient (Wildman–Crippen LogP) is 2.91. The number of anilines is 1. The van der Waals surface area contributed by atoms with E-state index < -0.39 is 0 Å². The Morgan fingerprint density at radius 3 is 2.74 bits per heavy atom. The van der Waals surface area contributed by atoms with Crippen LogP contribution in [0.5, 0.6) is 0 Å². The third-order valence-corrected chi connectivity index (χ3v) is 4.51. The van der Waals surface area contributed by atoms with Gasteiger partial charge in [0.05, 0.1) is 16.7 Å². The van der Waals surface area contributed by atoms with E-state index >= 15 is 0 Å². The zero-order valence-electron chi connectivity index (χ0n) is 11.7. The van der Waals surface area contributed by atoms with Gasteiger partial charge in [0.1, 0.15) is 0 Å². The fourth-order valence-electron chi connectivity index (χ4n) is 2.44. The Hall–Kier alpha value is -0.940. The van der Waals surface area contributed by atoms with Crippen LogP contribution in [0.15, 0.2) is 0 Å². The minimum absolute atomic E-state index is 0.391. The summed E-state index contributed by atoms with van der Waals surface area (Å²) in [5, 5.41) is 1.00. The van der Waals surface area contributed by atoms with Gasteiger partial charge in [0.15, 0.2) is 11.4 Å². The molecule has 0 aliphatic carbocycles. The van der Waals surface area contributed by atoms with E-state index in [1.165, 1.54) is 11.3 Å². The number of hydrogen-bond donors (Lipinski definition) is 0. The molecule has 5 heteroatoms. The van der Waals surface area contributed by atoms with Crippen LogP contribution in [0.25, 0.3) is 0 Å². The van der Waals surface area contributed by atoms with Gasteiger partial charge in [-0.3, -0.25) is 4.79 Å². The number of thiazole rings is 1. The molecular weight excluding hydrogens is 260 g/mol. The van der Waals surface area contributed by atoms with E-state index in [0.717, 1.165) is 67.4 Å². The number of hydrogen-bond acceptors (Lipinski definition) is 5. The predicted molar refractivity (Wildman–Crippen MR) is 78.4 cm³/mol. The number of ether oxygens (including phenoxy) is 1. The van der Waals surface area contributed by atoms with Gasteiger partial charge in [-0.25, -0.2) is 4.98 Å². The summed E-state index contributed by atoms with van der Waals surface area (Å²) >= 11 is 1.53. The summed E-state index contributed by atoms with van der Waals surface area (Å²) in [6.45, 7) is 6.89. The standard InChI is InChI=1S/C14H22N2O2S/c1-3-5-12-13(10-17)19-14(15-12)16-8-6-11(7-9-16)18-4-2/h10-11H,3-9H2,1-2H3. The molecule has 4 nitrogen and oxygen atoms in total. The first kappa shape index (κ1) is 14.5. The second kappa shape index (κ2) is 7.01. The van der Waals surface area contributed by atoms with Crippen molar-refractivity contribution in [2.75, 3.05) is 24.6 Å². The molecule has 0 radical (unpaired) electrons. The maximum atomic E-state index is 11.1. The van der Waals surface area contributed by atoms with Gasteiger partial charge in [0.2, 0.25) is 0 Å². The molecule has 0 atom stereocenters. The summed E-state index contributed by atoms with van der Waals surface area (Å²) in [6, 6.07) is 0. The van der Waals surface area contributed by atoms with E-state index in [-0.39, 0.29) is 0 Å². The molecule has 0 bridgehead atoms. The highest BCUT2D eigenvalue weighted by Crippen LogP contribution is 2.28. The van der Waals surface area contributed by atoms with Gasteiger partial charge in [0.25, 0.3) is 0 Å². The number of nitrogens with zero attached hydrogens (tertiary/aromatic N) is 2. The summed E-state index contributed by atoms with van der Waals surface area (Å²) in [7, 11) is 0. The van der Waals surface area contributed by atoms with Crippen molar-refractivity contribution >= 4 is 22.8 Å². The molecule has 2 rings (SSSR count). The smallest absolute Gasteiger partial charge is 0.186 e. The molecule has 19 heavy (non-hydrogen) atoms. The van der Waals surface area contributed by atoms with E-state index in [9.17, 15) is 4.79 Å². The fourth-order valence-corrected chi connectivity index (χ4v) is 3.42. The van der Waals surface area contributed by atoms with Gasteiger partial charge in [-0.2, -0.15) is 0 Å². The van der Waals surface area contributed by atoms with Crippen molar-refractivity contribution in [1.29, 1.82) is 0 Å². The van der Waals surface area contributed by atoms with Gasteiger partial charge in [-0.1, -0.05) is 24.7 Å². The molecule has 0 unspecified atom stereocenters. The molecule has 0 spiro atoms. The highest BCUT2D eigenvalue weighted by atomic mass is 32.1. The van der Waals surface area contributed by atoms with Crippen molar-refractivity contribution in [1.82, 2.24) is 4.98 Å². The van der Waals surface area contributed by atoms with Crippen LogP contribution in [0.1, 0.15) is 48.5 Å². The molecule has 1 aromatic rings. The van der Waals surface area contributed by atoms with Crippen LogP contribution in [0.4, 0.5) is 5.13 Å². The van der Waals surface area contributed by atoms with Crippen molar-refractivity contribution < 1.29 is 9.53 Å². The number of piperidine rings is 1. The van der Waals surface area contributed by atoms with Crippen LogP contribution in [-0.4, -0.2) is 37.1 Å². The normalized spacial score (nSPS) is 16.8. The third kappa shape index (κ3) is 3.54. The Morgan fingerprint density at radius 2 is 2.16 bits per heavy atom. The van der Waals surface area contributed by atoms with Crippen LogP contribution in [0.3, 0.4) is 0 Å². The number of aryl methyl sites for hydroxylation is 1. The Bertz CT molecular complexity index is 412. The van der Waals surface area contributed by atoms with E-state index in [2.05, 4.69) is 16.8 Å². The van der Waals surface area contributed by atoms with E-state index in [1.54, 1.807) is 0 Å². The molecule has 1 aliphatic heterocycles. The second-order valence-electron chi connectivity index (χ2n) is 4.82. The topological polar surface area (TPSA) is 42.4 Å². The Balaban J connectivity index is 2.01. The van der Waals surface area contributed by atoms with Crippen LogP contribution in [-0.2, 0) is 11.2 Å². The summed E-state index contributed by atoms with van der Waals surface area (Å²) in [5.41, 5.74) is 0.962. The molecule has 0 aromatic carbocycles. The number of aromatic nitrogens is 1. The molecule has 1 saturated heterocycles. The first-order valence-electron chi connectivity index (χ1n) is 7.09. The Kier molecular flexibility index (Phi) is 5.34. The average molecular weight is 282 g/mol. The highest BCUT2D eigenvalue weighted by Gasteiger charge is 2.22. The average Bonchev–Trinajstić information content (AvgIpc) is 2.84. The highest BCUT2D eigenvalue weighted by molar-refractivity contribution is 7.17. The summed E-state index contributed by atoms with van der Waals surface area (Å²) in [5.74, 6) is 0. The van der Waals surface area contributed by atoms with E-state index in [0.29, 0.717) is 6.10 Å².